The van der Waals surface area contributed by atoms with Crippen LogP contribution in [0.1, 0.15) is 10.5 Å². The van der Waals surface area contributed by atoms with Gasteiger partial charge in [0.25, 0.3) is 5.91 Å². The fourth-order valence-corrected chi connectivity index (χ4v) is 1.54. The predicted molar refractivity (Wildman–Crippen MR) is 55.3 cm³/mol. The van der Waals surface area contributed by atoms with Gasteiger partial charge in [-0.1, -0.05) is 4.91 Å². The lowest BCUT2D eigenvalue weighted by Crippen LogP contribution is -2.31. The highest BCUT2D eigenvalue weighted by Gasteiger charge is 2.25. The van der Waals surface area contributed by atoms with Crippen LogP contribution in [0.5, 0.6) is 0 Å². The van der Waals surface area contributed by atoms with E-state index in [2.05, 4.69) is 0 Å². The normalized spacial score (nSPS) is 10.8. The molecule has 1 amide bonds. The Morgan fingerprint density at radius 2 is 1.89 bits per heavy atom. The number of halogens is 2. The number of hydrogen-bond donors (Lipinski definition) is 3. The molecule has 1 aromatic heterocycles. The number of aromatic nitrogens is 2. The van der Waals surface area contributed by atoms with Crippen LogP contribution in [0.25, 0.3) is 11.0 Å². The molecule has 0 radical (unpaired) electrons. The number of fused-ring (bicyclic) bond motifs is 1. The molecule has 0 bridgehead atoms. The second-order valence-electron chi connectivity index (χ2n) is 3.46. The highest BCUT2D eigenvalue weighted by Crippen LogP contribution is 2.18. The van der Waals surface area contributed by atoms with E-state index in [0.29, 0.717) is 12.1 Å². The molecular weight excluding hydrogens is 250 g/mol. The average Bonchev–Trinajstić information content (AvgIpc) is 2.29. The van der Waals surface area contributed by atoms with Crippen molar-refractivity contribution >= 4 is 22.8 Å². The maximum Gasteiger partial charge on any atom is 0.351 e. The third-order valence-electron chi connectivity index (χ3n) is 2.37. The zero-order valence-electron chi connectivity index (χ0n) is 8.72. The number of rotatable bonds is 1. The van der Waals surface area contributed by atoms with Gasteiger partial charge in [0.05, 0.1) is 0 Å². The Hall–Kier alpha value is -2.71. The molecule has 2 aromatic rings. The molecule has 1 heterocycles. The molecule has 94 valence electrons. The summed E-state index contributed by atoms with van der Waals surface area (Å²) >= 11 is 0. The fourth-order valence-electron chi connectivity index (χ4n) is 1.54. The van der Waals surface area contributed by atoms with Crippen molar-refractivity contribution in [1.82, 2.24) is 4.73 Å². The van der Waals surface area contributed by atoms with E-state index in [1.165, 1.54) is 0 Å². The molecular formula is C9H7F2N4O3+. The zero-order valence-corrected chi connectivity index (χ0v) is 8.72. The van der Waals surface area contributed by atoms with Crippen molar-refractivity contribution in [2.24, 2.45) is 5.73 Å². The summed E-state index contributed by atoms with van der Waals surface area (Å²) < 4.78 is 26.2. The minimum atomic E-state index is -1.30. The molecule has 18 heavy (non-hydrogen) atoms. The largest absolute Gasteiger partial charge is 0.427 e. The number of amides is 1. The Morgan fingerprint density at radius 3 is 2.44 bits per heavy atom. The third-order valence-corrected chi connectivity index (χ3v) is 2.37. The van der Waals surface area contributed by atoms with Crippen molar-refractivity contribution in [3.8, 4) is 0 Å². The van der Waals surface area contributed by atoms with Crippen LogP contribution >= 0.6 is 0 Å². The van der Waals surface area contributed by atoms with E-state index in [9.17, 15) is 23.7 Å². The summed E-state index contributed by atoms with van der Waals surface area (Å²) in [5.41, 5.74) is 8.61. The Balaban J connectivity index is 3.08. The van der Waals surface area contributed by atoms with Gasteiger partial charge in [-0.3, -0.25) is 10.5 Å². The molecule has 7 nitrogen and oxygen atoms in total. The van der Waals surface area contributed by atoms with Gasteiger partial charge in [-0.15, -0.1) is 0 Å². The van der Waals surface area contributed by atoms with Crippen LogP contribution in [0.2, 0.25) is 0 Å². The van der Waals surface area contributed by atoms with Gasteiger partial charge in [0.1, 0.15) is 5.52 Å². The first-order chi connectivity index (χ1) is 8.34. The molecule has 2 rings (SSSR count). The lowest BCUT2D eigenvalue weighted by atomic mass is 10.2. The second kappa shape index (κ2) is 3.65. The minimum absolute atomic E-state index is 0.0231. The highest BCUT2D eigenvalue weighted by molar-refractivity contribution is 5.96. The van der Waals surface area contributed by atoms with Crippen LogP contribution < -0.4 is 15.9 Å². The summed E-state index contributed by atoms with van der Waals surface area (Å²) in [7, 11) is 0. The lowest BCUT2D eigenvalue weighted by Gasteiger charge is -2.06. The number of hydrogen-bond acceptors (Lipinski definition) is 4. The number of nitrogens with zero attached hydrogens (tertiary/aromatic N) is 2. The molecule has 0 atom stereocenters. The van der Waals surface area contributed by atoms with Gasteiger partial charge in [-0.2, -0.15) is 4.73 Å². The van der Waals surface area contributed by atoms with Crippen LogP contribution in [0.15, 0.2) is 12.1 Å². The summed E-state index contributed by atoms with van der Waals surface area (Å²) in [6, 6.07) is 1.09. The van der Waals surface area contributed by atoms with Gasteiger partial charge in [0.2, 0.25) is 11.2 Å². The number of benzene rings is 1. The number of primary amides is 1. The summed E-state index contributed by atoms with van der Waals surface area (Å²) in [6.45, 7) is 0. The number of nitrogens with two attached hydrogens (primary N) is 2. The maximum atomic E-state index is 13.0. The molecule has 0 unspecified atom stereocenters. The first kappa shape index (κ1) is 11.8. The highest BCUT2D eigenvalue weighted by atomic mass is 19.2. The Bertz CT molecular complexity index is 741. The third kappa shape index (κ3) is 1.44. The molecule has 0 fully saturated rings. The van der Waals surface area contributed by atoms with E-state index in [0.717, 1.165) is 0 Å². The first-order valence-electron chi connectivity index (χ1n) is 4.59. The van der Waals surface area contributed by atoms with Crippen LogP contribution in [0.4, 0.5) is 14.6 Å². The average molecular weight is 257 g/mol. The van der Waals surface area contributed by atoms with E-state index in [-0.39, 0.29) is 9.16 Å². The summed E-state index contributed by atoms with van der Waals surface area (Å²) in [6.07, 6.45) is 0. The molecule has 0 spiro atoms. The Morgan fingerprint density at radius 1 is 1.33 bits per heavy atom. The minimum Gasteiger partial charge on any atom is -0.427 e. The molecule has 0 saturated heterocycles. The molecule has 0 aliphatic carbocycles. The van der Waals surface area contributed by atoms with Gasteiger partial charge in [0.15, 0.2) is 11.6 Å². The van der Waals surface area contributed by atoms with Crippen molar-refractivity contribution in [2.75, 3.05) is 5.73 Å². The van der Waals surface area contributed by atoms with Gasteiger partial charge in [-0.05, 0) is 0 Å². The lowest BCUT2D eigenvalue weighted by molar-refractivity contribution is -0.448. The van der Waals surface area contributed by atoms with E-state index in [1.54, 1.807) is 0 Å². The van der Waals surface area contributed by atoms with Gasteiger partial charge >= 0.3 is 5.82 Å². The maximum absolute atomic E-state index is 13.0. The number of carbonyl (C=O) groups excluding carboxylic acids is 1. The predicted octanol–water partition coefficient (Wildman–Crippen LogP) is -0.248. The fraction of sp³-hybridized carbons (Fsp3) is 0. The van der Waals surface area contributed by atoms with Crippen molar-refractivity contribution < 1.29 is 23.2 Å². The summed E-state index contributed by atoms with van der Waals surface area (Å²) in [5.74, 6) is -4.50. The summed E-state index contributed by atoms with van der Waals surface area (Å²) in [4.78, 5) is 22.7. The SMILES string of the molecule is NC(=O)c1c(N)[n+](=O)c2cc(F)c(F)cc2n1O. The number of carbonyl (C=O) groups is 1. The summed E-state index contributed by atoms with van der Waals surface area (Å²) in [5, 5.41) is 9.64. The van der Waals surface area contributed by atoms with Crippen LogP contribution in [-0.4, -0.2) is 15.8 Å². The second-order valence-corrected chi connectivity index (χ2v) is 3.46. The Kier molecular flexibility index (Phi) is 2.39. The standard InChI is InChI=1S/C9H6F2N4O3/c10-3-1-5-6(2-4(3)11)15(18)8(12)7(9(13)16)14(5)17/h1-2,17H,(H3-,12,13,16)/p+1. The van der Waals surface area contributed by atoms with Crippen LogP contribution in [-0.2, 0) is 0 Å². The quantitative estimate of drug-likeness (QED) is 0.482. The van der Waals surface area contributed by atoms with Crippen molar-refractivity contribution in [3.63, 3.8) is 0 Å². The molecule has 0 aliphatic heterocycles. The zero-order chi connectivity index (χ0) is 13.6. The monoisotopic (exact) mass is 257 g/mol. The van der Waals surface area contributed by atoms with Gasteiger partial charge in [0, 0.05) is 16.6 Å². The van der Waals surface area contributed by atoms with Crippen molar-refractivity contribution in [2.45, 2.75) is 0 Å². The van der Waals surface area contributed by atoms with E-state index < -0.39 is 40.1 Å². The molecule has 1 aromatic carbocycles. The molecule has 0 saturated carbocycles. The smallest absolute Gasteiger partial charge is 0.351 e. The molecule has 9 heteroatoms. The van der Waals surface area contributed by atoms with E-state index in [1.807, 2.05) is 0 Å². The number of anilines is 1. The molecule has 5 N–H and O–H groups in total. The van der Waals surface area contributed by atoms with Crippen molar-refractivity contribution in [3.05, 3.63) is 34.4 Å². The molecule has 0 aliphatic rings. The van der Waals surface area contributed by atoms with Crippen LogP contribution in [0.3, 0.4) is 0 Å². The van der Waals surface area contributed by atoms with E-state index >= 15 is 0 Å². The van der Waals surface area contributed by atoms with Gasteiger partial charge in [-0.25, -0.2) is 8.78 Å². The van der Waals surface area contributed by atoms with E-state index in [4.69, 9.17) is 11.5 Å². The van der Waals surface area contributed by atoms with Gasteiger partial charge < -0.3 is 10.9 Å². The van der Waals surface area contributed by atoms with Crippen molar-refractivity contribution in [1.29, 1.82) is 0 Å². The Labute approximate surface area is 97.4 Å². The first-order valence-corrected chi connectivity index (χ1v) is 4.59. The number of nitrogen functional groups attached to an aromatic ring is 1. The van der Waals surface area contributed by atoms with Crippen LogP contribution in [0, 0.1) is 16.5 Å². The topological polar surface area (TPSA) is 117 Å².